The summed E-state index contributed by atoms with van der Waals surface area (Å²) >= 11 is 0. The lowest BCUT2D eigenvalue weighted by Gasteiger charge is -2.20. The fourth-order valence-electron chi connectivity index (χ4n) is 1.93. The van der Waals surface area contributed by atoms with Crippen molar-refractivity contribution in [3.8, 4) is 5.75 Å². The summed E-state index contributed by atoms with van der Waals surface area (Å²) in [6.45, 7) is 4.39. The van der Waals surface area contributed by atoms with Gasteiger partial charge >= 0.3 is 0 Å². The predicted octanol–water partition coefficient (Wildman–Crippen LogP) is 2.02. The van der Waals surface area contributed by atoms with Crippen LogP contribution in [0.25, 0.3) is 0 Å². The lowest BCUT2D eigenvalue weighted by atomic mass is 10.1. The largest absolute Gasteiger partial charge is 0.491 e. The number of rotatable bonds is 2. The van der Waals surface area contributed by atoms with Gasteiger partial charge in [0.1, 0.15) is 5.75 Å². The predicted molar refractivity (Wildman–Crippen MR) is 64.6 cm³/mol. The van der Waals surface area contributed by atoms with E-state index in [1.165, 1.54) is 6.92 Å². The van der Waals surface area contributed by atoms with Crippen LogP contribution in [0.4, 0.5) is 5.69 Å². The third-order valence-corrected chi connectivity index (χ3v) is 2.85. The molecule has 0 unspecified atom stereocenters. The van der Waals surface area contributed by atoms with Crippen LogP contribution in [0, 0.1) is 0 Å². The van der Waals surface area contributed by atoms with Gasteiger partial charge < -0.3 is 9.64 Å². The minimum atomic E-state index is -0.0134. The SMILES string of the molecule is CCN1C(=O)CCOc2ccc(C(C)=O)cc21. The molecule has 2 rings (SSSR count). The summed E-state index contributed by atoms with van der Waals surface area (Å²) in [5, 5.41) is 0. The van der Waals surface area contributed by atoms with E-state index in [1.54, 1.807) is 23.1 Å². The number of fused-ring (bicyclic) bond motifs is 1. The molecule has 4 heteroatoms. The Balaban J connectivity index is 2.51. The minimum absolute atomic E-state index is 0.0134. The highest BCUT2D eigenvalue weighted by atomic mass is 16.5. The first-order valence-electron chi connectivity index (χ1n) is 5.71. The first-order chi connectivity index (χ1) is 8.13. The van der Waals surface area contributed by atoms with Crippen LogP contribution in [0.2, 0.25) is 0 Å². The second-order valence-corrected chi connectivity index (χ2v) is 3.98. The Morgan fingerprint density at radius 3 is 2.88 bits per heavy atom. The number of ketones is 1. The van der Waals surface area contributed by atoms with Crippen molar-refractivity contribution >= 4 is 17.4 Å². The van der Waals surface area contributed by atoms with E-state index >= 15 is 0 Å². The molecular weight excluding hydrogens is 218 g/mol. The molecule has 1 amide bonds. The number of hydrogen-bond donors (Lipinski definition) is 0. The highest BCUT2D eigenvalue weighted by molar-refractivity contribution is 5.99. The number of amides is 1. The van der Waals surface area contributed by atoms with Crippen LogP contribution >= 0.6 is 0 Å². The first-order valence-corrected chi connectivity index (χ1v) is 5.71. The molecule has 0 fully saturated rings. The minimum Gasteiger partial charge on any atom is -0.491 e. The van der Waals surface area contributed by atoms with Gasteiger partial charge in [-0.05, 0) is 32.0 Å². The number of carbonyl (C=O) groups is 2. The van der Waals surface area contributed by atoms with Gasteiger partial charge in [-0.2, -0.15) is 0 Å². The van der Waals surface area contributed by atoms with Crippen LogP contribution in [-0.2, 0) is 4.79 Å². The van der Waals surface area contributed by atoms with Crippen LogP contribution in [0.1, 0.15) is 30.6 Å². The van der Waals surface area contributed by atoms with Crippen molar-refractivity contribution in [2.45, 2.75) is 20.3 Å². The highest BCUT2D eigenvalue weighted by Crippen LogP contribution is 2.32. The van der Waals surface area contributed by atoms with E-state index in [0.29, 0.717) is 36.6 Å². The van der Waals surface area contributed by atoms with Gasteiger partial charge in [0.05, 0.1) is 18.7 Å². The van der Waals surface area contributed by atoms with Crippen molar-refractivity contribution in [3.63, 3.8) is 0 Å². The highest BCUT2D eigenvalue weighted by Gasteiger charge is 2.22. The summed E-state index contributed by atoms with van der Waals surface area (Å²) in [6.07, 6.45) is 0.373. The normalized spacial score (nSPS) is 14.9. The lowest BCUT2D eigenvalue weighted by molar-refractivity contribution is -0.118. The van der Waals surface area contributed by atoms with Gasteiger partial charge in [0.15, 0.2) is 5.78 Å². The second-order valence-electron chi connectivity index (χ2n) is 3.98. The monoisotopic (exact) mass is 233 g/mol. The Morgan fingerprint density at radius 1 is 1.47 bits per heavy atom. The van der Waals surface area contributed by atoms with Gasteiger partial charge in [0, 0.05) is 12.1 Å². The van der Waals surface area contributed by atoms with E-state index in [9.17, 15) is 9.59 Å². The Bertz CT molecular complexity index is 468. The van der Waals surface area contributed by atoms with Gasteiger partial charge in [-0.3, -0.25) is 9.59 Å². The van der Waals surface area contributed by atoms with Crippen LogP contribution < -0.4 is 9.64 Å². The number of benzene rings is 1. The molecule has 90 valence electrons. The Labute approximate surface area is 100 Å². The van der Waals surface area contributed by atoms with Crippen LogP contribution in [0.3, 0.4) is 0 Å². The number of carbonyl (C=O) groups excluding carboxylic acids is 2. The number of ether oxygens (including phenoxy) is 1. The van der Waals surface area contributed by atoms with Crippen LogP contribution in [-0.4, -0.2) is 24.8 Å². The fourth-order valence-corrected chi connectivity index (χ4v) is 1.93. The van der Waals surface area contributed by atoms with E-state index in [2.05, 4.69) is 0 Å². The molecule has 0 saturated heterocycles. The van der Waals surface area contributed by atoms with E-state index in [4.69, 9.17) is 4.74 Å². The zero-order valence-corrected chi connectivity index (χ0v) is 10.0. The molecular formula is C13H15NO3. The summed E-state index contributed by atoms with van der Waals surface area (Å²) in [5.74, 6) is 0.690. The third-order valence-electron chi connectivity index (χ3n) is 2.85. The van der Waals surface area contributed by atoms with Crippen LogP contribution in [0.5, 0.6) is 5.75 Å². The van der Waals surface area contributed by atoms with Gasteiger partial charge in [0.2, 0.25) is 5.91 Å². The second kappa shape index (κ2) is 4.57. The van der Waals surface area contributed by atoms with Crippen molar-refractivity contribution in [1.82, 2.24) is 0 Å². The molecule has 0 bridgehead atoms. The summed E-state index contributed by atoms with van der Waals surface area (Å²) < 4.78 is 5.51. The van der Waals surface area contributed by atoms with Gasteiger partial charge in [-0.1, -0.05) is 0 Å². The Kier molecular flexibility index (Phi) is 3.13. The van der Waals surface area contributed by atoms with Crippen molar-refractivity contribution < 1.29 is 14.3 Å². The van der Waals surface area contributed by atoms with Crippen molar-refractivity contribution in [3.05, 3.63) is 23.8 Å². The summed E-state index contributed by atoms with van der Waals surface area (Å²) in [6, 6.07) is 5.21. The standard InChI is InChI=1S/C13H15NO3/c1-3-14-11-8-10(9(2)15)4-5-12(11)17-7-6-13(14)16/h4-5,8H,3,6-7H2,1-2H3. The molecule has 1 aliphatic rings. The average molecular weight is 233 g/mol. The van der Waals surface area contributed by atoms with Gasteiger partial charge in [-0.15, -0.1) is 0 Å². The van der Waals surface area contributed by atoms with E-state index in [0.717, 1.165) is 0 Å². The number of Topliss-reactive ketones (excluding diaryl/α,β-unsaturated/α-hetero) is 1. The zero-order chi connectivity index (χ0) is 12.4. The third kappa shape index (κ3) is 2.16. The smallest absolute Gasteiger partial charge is 0.230 e. The van der Waals surface area contributed by atoms with Crippen molar-refractivity contribution in [2.24, 2.45) is 0 Å². The summed E-state index contributed by atoms with van der Waals surface area (Å²) in [4.78, 5) is 24.9. The first kappa shape index (κ1) is 11.6. The molecule has 0 spiro atoms. The van der Waals surface area contributed by atoms with Gasteiger partial charge in [0.25, 0.3) is 0 Å². The van der Waals surface area contributed by atoms with E-state index in [1.807, 2.05) is 6.92 Å². The zero-order valence-electron chi connectivity index (χ0n) is 10.0. The van der Waals surface area contributed by atoms with E-state index < -0.39 is 0 Å². The molecule has 0 saturated carbocycles. The van der Waals surface area contributed by atoms with E-state index in [-0.39, 0.29) is 11.7 Å². The number of anilines is 1. The molecule has 0 atom stereocenters. The van der Waals surface area contributed by atoms with Crippen molar-refractivity contribution in [1.29, 1.82) is 0 Å². The molecule has 0 aliphatic carbocycles. The summed E-state index contributed by atoms with van der Waals surface area (Å²) in [5.41, 5.74) is 1.29. The molecule has 1 heterocycles. The molecule has 0 aromatic heterocycles. The Morgan fingerprint density at radius 2 is 2.24 bits per heavy atom. The topological polar surface area (TPSA) is 46.6 Å². The number of hydrogen-bond acceptors (Lipinski definition) is 3. The maximum atomic E-state index is 11.9. The van der Waals surface area contributed by atoms with Gasteiger partial charge in [-0.25, -0.2) is 0 Å². The molecule has 1 aliphatic heterocycles. The van der Waals surface area contributed by atoms with Crippen LogP contribution in [0.15, 0.2) is 18.2 Å². The maximum absolute atomic E-state index is 11.9. The summed E-state index contributed by atoms with van der Waals surface area (Å²) in [7, 11) is 0. The average Bonchev–Trinajstić information content (AvgIpc) is 2.46. The fraction of sp³-hybridized carbons (Fsp3) is 0.385. The molecule has 0 N–H and O–H groups in total. The molecule has 4 nitrogen and oxygen atoms in total. The molecule has 0 radical (unpaired) electrons. The maximum Gasteiger partial charge on any atom is 0.230 e. The van der Waals surface area contributed by atoms with Crippen molar-refractivity contribution in [2.75, 3.05) is 18.1 Å². The lowest BCUT2D eigenvalue weighted by Crippen LogP contribution is -2.29. The number of nitrogens with zero attached hydrogens (tertiary/aromatic N) is 1. The molecule has 1 aromatic rings. The Hall–Kier alpha value is -1.84. The molecule has 17 heavy (non-hydrogen) atoms. The molecule has 1 aromatic carbocycles. The quantitative estimate of drug-likeness (QED) is 0.734.